The Morgan fingerprint density at radius 3 is 3.08 bits per heavy atom. The number of benzene rings is 1. The molecular formula is C20H25N5O. The van der Waals surface area contributed by atoms with Gasteiger partial charge >= 0.3 is 0 Å². The van der Waals surface area contributed by atoms with E-state index >= 15 is 0 Å². The molecule has 0 bridgehead atoms. The molecule has 1 aliphatic rings. The van der Waals surface area contributed by atoms with Crippen LogP contribution in [0.2, 0.25) is 0 Å². The van der Waals surface area contributed by atoms with Crippen LogP contribution in [0.15, 0.2) is 36.7 Å². The zero-order valence-electron chi connectivity index (χ0n) is 15.1. The van der Waals surface area contributed by atoms with Crippen molar-refractivity contribution in [1.82, 2.24) is 15.3 Å². The third-order valence-corrected chi connectivity index (χ3v) is 4.56. The summed E-state index contributed by atoms with van der Waals surface area (Å²) in [7, 11) is 1.87. The third kappa shape index (κ3) is 4.44. The van der Waals surface area contributed by atoms with Crippen molar-refractivity contribution in [2.24, 2.45) is 0 Å². The molecular weight excluding hydrogens is 326 g/mol. The normalized spacial score (nSPS) is 16.3. The molecule has 1 aliphatic heterocycles. The van der Waals surface area contributed by atoms with Crippen molar-refractivity contribution in [1.29, 1.82) is 0 Å². The minimum Gasteiger partial charge on any atom is -0.481 e. The number of aromatic nitrogens is 2. The predicted molar refractivity (Wildman–Crippen MR) is 104 cm³/mol. The smallest absolute Gasteiger partial charge is 0.148 e. The molecule has 6 nitrogen and oxygen atoms in total. The molecule has 3 rings (SSSR count). The van der Waals surface area contributed by atoms with E-state index in [4.69, 9.17) is 11.2 Å². The monoisotopic (exact) mass is 351 g/mol. The van der Waals surface area contributed by atoms with Crippen LogP contribution in [0.4, 0.5) is 11.6 Å². The number of ether oxygens (including phenoxy) is 1. The Morgan fingerprint density at radius 2 is 2.23 bits per heavy atom. The number of hydrogen-bond acceptors (Lipinski definition) is 6. The molecule has 1 aromatic heterocycles. The summed E-state index contributed by atoms with van der Waals surface area (Å²) in [5.74, 6) is 5.17. The molecule has 1 saturated heterocycles. The van der Waals surface area contributed by atoms with Gasteiger partial charge in [-0.1, -0.05) is 24.1 Å². The fourth-order valence-electron chi connectivity index (χ4n) is 3.27. The summed E-state index contributed by atoms with van der Waals surface area (Å²) < 4.78 is 5.61. The van der Waals surface area contributed by atoms with Gasteiger partial charge in [-0.25, -0.2) is 9.97 Å². The number of para-hydroxylation sites is 1. The van der Waals surface area contributed by atoms with E-state index in [1.165, 1.54) is 6.42 Å². The largest absolute Gasteiger partial charge is 0.481 e. The van der Waals surface area contributed by atoms with Gasteiger partial charge in [0.1, 0.15) is 30.3 Å². The summed E-state index contributed by atoms with van der Waals surface area (Å²) in [6.45, 7) is 2.95. The van der Waals surface area contributed by atoms with Crippen molar-refractivity contribution in [3.8, 4) is 18.1 Å². The van der Waals surface area contributed by atoms with E-state index in [2.05, 4.69) is 37.5 Å². The molecule has 0 saturated carbocycles. The number of terminal acetylenes is 1. The van der Waals surface area contributed by atoms with Crippen molar-refractivity contribution in [2.45, 2.75) is 25.4 Å². The third-order valence-electron chi connectivity index (χ3n) is 4.56. The van der Waals surface area contributed by atoms with E-state index < -0.39 is 0 Å². The number of anilines is 2. The molecule has 2 heterocycles. The first kappa shape index (κ1) is 18.0. The molecule has 1 unspecified atom stereocenters. The molecule has 2 N–H and O–H groups in total. The van der Waals surface area contributed by atoms with Crippen molar-refractivity contribution in [3.05, 3.63) is 42.2 Å². The summed E-state index contributed by atoms with van der Waals surface area (Å²) in [6.07, 6.45) is 9.23. The van der Waals surface area contributed by atoms with Gasteiger partial charge in [0.05, 0.1) is 0 Å². The van der Waals surface area contributed by atoms with E-state index in [0.29, 0.717) is 6.04 Å². The topological polar surface area (TPSA) is 62.3 Å². The second-order valence-corrected chi connectivity index (χ2v) is 6.23. The summed E-state index contributed by atoms with van der Waals surface area (Å²) in [5.41, 5.74) is 1.12. The van der Waals surface area contributed by atoms with E-state index in [1.807, 2.05) is 31.3 Å². The molecule has 1 fully saturated rings. The Kier molecular flexibility index (Phi) is 6.29. The number of hydrogen-bond donors (Lipinski definition) is 2. The van der Waals surface area contributed by atoms with Crippen LogP contribution in [0.25, 0.3) is 0 Å². The maximum absolute atomic E-state index is 5.61. The molecule has 1 atom stereocenters. The second-order valence-electron chi connectivity index (χ2n) is 6.23. The zero-order chi connectivity index (χ0) is 18.2. The van der Waals surface area contributed by atoms with Crippen LogP contribution in [-0.2, 0) is 6.54 Å². The van der Waals surface area contributed by atoms with Gasteiger partial charge in [0.2, 0.25) is 0 Å². The van der Waals surface area contributed by atoms with Crippen LogP contribution < -0.4 is 20.3 Å². The minimum absolute atomic E-state index is 0.287. The highest BCUT2D eigenvalue weighted by atomic mass is 16.5. The Morgan fingerprint density at radius 1 is 1.35 bits per heavy atom. The van der Waals surface area contributed by atoms with E-state index in [1.54, 1.807) is 6.33 Å². The molecule has 0 aliphatic carbocycles. The SMILES string of the molecule is C#CCOc1ccccc1CNCC1CCCN1c1cc(NC)ncn1. The zero-order valence-corrected chi connectivity index (χ0v) is 15.1. The van der Waals surface area contributed by atoms with Crippen molar-refractivity contribution < 1.29 is 4.74 Å². The van der Waals surface area contributed by atoms with Gasteiger partial charge in [-0.05, 0) is 18.9 Å². The van der Waals surface area contributed by atoms with Crippen molar-refractivity contribution >= 4 is 11.6 Å². The van der Waals surface area contributed by atoms with Gasteiger partial charge in [0, 0.05) is 44.4 Å². The highest BCUT2D eigenvalue weighted by molar-refractivity contribution is 5.49. The van der Waals surface area contributed by atoms with Crippen LogP contribution in [0.1, 0.15) is 18.4 Å². The molecule has 136 valence electrons. The molecule has 1 aromatic carbocycles. The van der Waals surface area contributed by atoms with E-state index in [0.717, 1.165) is 49.0 Å². The molecule has 0 radical (unpaired) electrons. The first-order valence-electron chi connectivity index (χ1n) is 8.93. The summed E-state index contributed by atoms with van der Waals surface area (Å²) >= 11 is 0. The summed E-state index contributed by atoms with van der Waals surface area (Å²) in [6, 6.07) is 10.4. The van der Waals surface area contributed by atoms with E-state index in [9.17, 15) is 0 Å². The number of nitrogens with zero attached hydrogens (tertiary/aromatic N) is 3. The molecule has 2 aromatic rings. The quantitative estimate of drug-likeness (QED) is 0.712. The standard InChI is InChI=1S/C20H25N5O/c1-3-11-26-18-9-5-4-7-16(18)13-22-14-17-8-6-10-25(17)20-12-19(21-2)23-15-24-20/h1,4-5,7,9,12,15,17,22H,6,8,10-11,13-14H2,2H3,(H,21,23,24). The Balaban J connectivity index is 1.58. The summed E-state index contributed by atoms with van der Waals surface area (Å²) in [5, 5.41) is 6.63. The maximum atomic E-state index is 5.61. The second kappa shape index (κ2) is 9.07. The average molecular weight is 351 g/mol. The van der Waals surface area contributed by atoms with Crippen LogP contribution in [0, 0.1) is 12.3 Å². The first-order valence-corrected chi connectivity index (χ1v) is 8.93. The van der Waals surface area contributed by atoms with Crippen molar-refractivity contribution in [3.63, 3.8) is 0 Å². The Labute approximate surface area is 155 Å². The van der Waals surface area contributed by atoms with Gasteiger partial charge in [-0.2, -0.15) is 0 Å². The fraction of sp³-hybridized carbons (Fsp3) is 0.400. The van der Waals surface area contributed by atoms with Crippen LogP contribution in [0.3, 0.4) is 0 Å². The van der Waals surface area contributed by atoms with E-state index in [-0.39, 0.29) is 6.61 Å². The Hall–Kier alpha value is -2.78. The lowest BCUT2D eigenvalue weighted by molar-refractivity contribution is 0.364. The lowest BCUT2D eigenvalue weighted by atomic mass is 10.2. The molecule has 6 heteroatoms. The summed E-state index contributed by atoms with van der Waals surface area (Å²) in [4.78, 5) is 11.0. The molecule has 26 heavy (non-hydrogen) atoms. The van der Waals surface area contributed by atoms with Gasteiger partial charge in [0.25, 0.3) is 0 Å². The highest BCUT2D eigenvalue weighted by Gasteiger charge is 2.25. The molecule has 0 spiro atoms. The Bertz CT molecular complexity index is 758. The minimum atomic E-state index is 0.287. The number of rotatable bonds is 8. The van der Waals surface area contributed by atoms with Crippen molar-refractivity contribution in [2.75, 3.05) is 37.0 Å². The fourth-order valence-corrected chi connectivity index (χ4v) is 3.27. The van der Waals surface area contributed by atoms with Crippen LogP contribution >= 0.6 is 0 Å². The van der Waals surface area contributed by atoms with Gasteiger partial charge in [-0.3, -0.25) is 0 Å². The van der Waals surface area contributed by atoms with Gasteiger partial charge in [-0.15, -0.1) is 6.42 Å². The number of nitrogens with one attached hydrogen (secondary N) is 2. The van der Waals surface area contributed by atoms with Gasteiger partial charge in [0.15, 0.2) is 0 Å². The highest BCUT2D eigenvalue weighted by Crippen LogP contribution is 2.25. The van der Waals surface area contributed by atoms with Gasteiger partial charge < -0.3 is 20.3 Å². The molecule has 0 amide bonds. The maximum Gasteiger partial charge on any atom is 0.148 e. The first-order chi connectivity index (χ1) is 12.8. The van der Waals surface area contributed by atoms with Crippen LogP contribution in [-0.4, -0.2) is 42.8 Å². The average Bonchev–Trinajstić information content (AvgIpc) is 3.16. The predicted octanol–water partition coefficient (Wildman–Crippen LogP) is 2.29. The van der Waals surface area contributed by atoms with Crippen LogP contribution in [0.5, 0.6) is 5.75 Å². The lowest BCUT2D eigenvalue weighted by Crippen LogP contribution is -2.38. The lowest BCUT2D eigenvalue weighted by Gasteiger charge is -2.26.